The molecular formula is C15H27N3O2. The van der Waals surface area contributed by atoms with Crippen molar-refractivity contribution in [3.63, 3.8) is 0 Å². The molecule has 1 heterocycles. The molecule has 1 aliphatic heterocycles. The molecule has 0 aromatic heterocycles. The van der Waals surface area contributed by atoms with Crippen molar-refractivity contribution >= 4 is 11.8 Å². The van der Waals surface area contributed by atoms with E-state index in [4.69, 9.17) is 5.73 Å². The molecule has 1 saturated carbocycles. The lowest BCUT2D eigenvalue weighted by atomic mass is 9.79. The van der Waals surface area contributed by atoms with Gasteiger partial charge in [-0.25, -0.2) is 0 Å². The van der Waals surface area contributed by atoms with Gasteiger partial charge in [0, 0.05) is 19.6 Å². The lowest BCUT2D eigenvalue weighted by molar-refractivity contribution is -0.136. The molecule has 5 heteroatoms. The van der Waals surface area contributed by atoms with Crippen molar-refractivity contribution in [2.75, 3.05) is 26.2 Å². The summed E-state index contributed by atoms with van der Waals surface area (Å²) < 4.78 is 0. The predicted molar refractivity (Wildman–Crippen MR) is 78.0 cm³/mol. The minimum absolute atomic E-state index is 0.0190. The van der Waals surface area contributed by atoms with Crippen LogP contribution >= 0.6 is 0 Å². The molecule has 0 aromatic carbocycles. The van der Waals surface area contributed by atoms with E-state index in [-0.39, 0.29) is 18.4 Å². The van der Waals surface area contributed by atoms with Crippen LogP contribution in [0.5, 0.6) is 0 Å². The van der Waals surface area contributed by atoms with Crippen LogP contribution in [0.1, 0.15) is 51.4 Å². The molecule has 2 fully saturated rings. The molecule has 0 spiro atoms. The van der Waals surface area contributed by atoms with Gasteiger partial charge in [-0.2, -0.15) is 0 Å². The van der Waals surface area contributed by atoms with Crippen LogP contribution in [0, 0.1) is 5.41 Å². The fourth-order valence-corrected chi connectivity index (χ4v) is 3.35. The second-order valence-electron chi connectivity index (χ2n) is 6.17. The first-order chi connectivity index (χ1) is 9.68. The molecule has 0 unspecified atom stereocenters. The van der Waals surface area contributed by atoms with Gasteiger partial charge < -0.3 is 16.0 Å². The number of rotatable bonds is 4. The van der Waals surface area contributed by atoms with E-state index in [1.807, 2.05) is 4.90 Å². The van der Waals surface area contributed by atoms with E-state index in [1.165, 1.54) is 12.8 Å². The maximum atomic E-state index is 12.5. The maximum absolute atomic E-state index is 12.5. The number of likely N-dealkylation sites (tertiary alicyclic amines) is 1. The van der Waals surface area contributed by atoms with Crippen molar-refractivity contribution in [3.8, 4) is 0 Å². The number of hydrogen-bond acceptors (Lipinski definition) is 3. The Morgan fingerprint density at radius 1 is 1.00 bits per heavy atom. The van der Waals surface area contributed by atoms with Gasteiger partial charge >= 0.3 is 0 Å². The SMILES string of the molecule is NCC1(C(=O)NCC(=O)N2CCCC2)CCCCCC1. The quantitative estimate of drug-likeness (QED) is 0.756. The Morgan fingerprint density at radius 3 is 2.15 bits per heavy atom. The van der Waals surface area contributed by atoms with Crippen LogP contribution < -0.4 is 11.1 Å². The van der Waals surface area contributed by atoms with Crippen molar-refractivity contribution in [1.82, 2.24) is 10.2 Å². The van der Waals surface area contributed by atoms with Crippen LogP contribution in [0.2, 0.25) is 0 Å². The molecular weight excluding hydrogens is 254 g/mol. The second kappa shape index (κ2) is 7.07. The van der Waals surface area contributed by atoms with Crippen LogP contribution in [-0.2, 0) is 9.59 Å². The van der Waals surface area contributed by atoms with Crippen molar-refractivity contribution in [2.24, 2.45) is 11.1 Å². The van der Waals surface area contributed by atoms with Crippen LogP contribution in [0.3, 0.4) is 0 Å². The summed E-state index contributed by atoms with van der Waals surface area (Å²) in [5.74, 6) is 0.0195. The Kier molecular flexibility index (Phi) is 5.40. The lowest BCUT2D eigenvalue weighted by Gasteiger charge is -2.30. The molecule has 1 aliphatic carbocycles. The van der Waals surface area contributed by atoms with Crippen molar-refractivity contribution in [3.05, 3.63) is 0 Å². The summed E-state index contributed by atoms with van der Waals surface area (Å²) in [7, 11) is 0. The minimum atomic E-state index is -0.443. The maximum Gasteiger partial charge on any atom is 0.241 e. The van der Waals surface area contributed by atoms with Gasteiger partial charge in [0.1, 0.15) is 0 Å². The highest BCUT2D eigenvalue weighted by molar-refractivity contribution is 5.88. The summed E-state index contributed by atoms with van der Waals surface area (Å²) in [4.78, 5) is 26.3. The van der Waals surface area contributed by atoms with Gasteiger partial charge in [-0.05, 0) is 25.7 Å². The Bertz CT molecular complexity index is 343. The first-order valence-electron chi connectivity index (χ1n) is 7.94. The first-order valence-corrected chi connectivity index (χ1v) is 7.94. The fourth-order valence-electron chi connectivity index (χ4n) is 3.35. The Labute approximate surface area is 121 Å². The van der Waals surface area contributed by atoms with Gasteiger partial charge in [0.25, 0.3) is 0 Å². The normalized spacial score (nSPS) is 22.4. The first kappa shape index (κ1) is 15.3. The zero-order valence-electron chi connectivity index (χ0n) is 12.3. The third-order valence-corrected chi connectivity index (χ3v) is 4.79. The average molecular weight is 281 g/mol. The standard InChI is InChI=1S/C15H27N3O2/c16-12-15(7-3-1-2-4-8-15)14(20)17-11-13(19)18-9-5-6-10-18/h1-12,16H2,(H,17,20). The van der Waals surface area contributed by atoms with Crippen molar-refractivity contribution < 1.29 is 9.59 Å². The molecule has 2 rings (SSSR count). The third kappa shape index (κ3) is 3.51. The van der Waals surface area contributed by atoms with Gasteiger partial charge in [-0.3, -0.25) is 9.59 Å². The Hall–Kier alpha value is -1.10. The molecule has 0 aromatic rings. The van der Waals surface area contributed by atoms with E-state index in [9.17, 15) is 9.59 Å². The Balaban J connectivity index is 1.86. The summed E-state index contributed by atoms with van der Waals surface area (Å²) in [6.07, 6.45) is 8.35. The summed E-state index contributed by atoms with van der Waals surface area (Å²) in [5, 5.41) is 2.84. The highest BCUT2D eigenvalue weighted by atomic mass is 16.2. The van der Waals surface area contributed by atoms with Gasteiger partial charge in [0.2, 0.25) is 11.8 Å². The molecule has 20 heavy (non-hydrogen) atoms. The number of amides is 2. The summed E-state index contributed by atoms with van der Waals surface area (Å²) in [6, 6.07) is 0. The minimum Gasteiger partial charge on any atom is -0.347 e. The van der Waals surface area contributed by atoms with E-state index in [2.05, 4.69) is 5.32 Å². The molecule has 114 valence electrons. The largest absolute Gasteiger partial charge is 0.347 e. The lowest BCUT2D eigenvalue weighted by Crippen LogP contribution is -2.48. The van der Waals surface area contributed by atoms with Gasteiger partial charge in [0.15, 0.2) is 0 Å². The van der Waals surface area contributed by atoms with Crippen molar-refractivity contribution in [1.29, 1.82) is 0 Å². The molecule has 5 nitrogen and oxygen atoms in total. The molecule has 0 bridgehead atoms. The van der Waals surface area contributed by atoms with E-state index < -0.39 is 5.41 Å². The van der Waals surface area contributed by atoms with Crippen LogP contribution in [0.15, 0.2) is 0 Å². The zero-order chi connectivity index (χ0) is 14.4. The number of nitrogens with two attached hydrogens (primary N) is 1. The van der Waals surface area contributed by atoms with Crippen molar-refractivity contribution in [2.45, 2.75) is 51.4 Å². The smallest absolute Gasteiger partial charge is 0.241 e. The molecule has 2 amide bonds. The number of carbonyl (C=O) groups is 2. The molecule has 1 saturated heterocycles. The summed E-state index contributed by atoms with van der Waals surface area (Å²) >= 11 is 0. The van der Waals surface area contributed by atoms with Gasteiger partial charge in [-0.1, -0.05) is 25.7 Å². The van der Waals surface area contributed by atoms with E-state index in [0.717, 1.165) is 51.6 Å². The second-order valence-corrected chi connectivity index (χ2v) is 6.17. The number of hydrogen-bond donors (Lipinski definition) is 2. The van der Waals surface area contributed by atoms with Crippen LogP contribution in [-0.4, -0.2) is 42.9 Å². The predicted octanol–water partition coefficient (Wildman–Crippen LogP) is 1.02. The fraction of sp³-hybridized carbons (Fsp3) is 0.867. The number of carbonyl (C=O) groups excluding carboxylic acids is 2. The van der Waals surface area contributed by atoms with E-state index in [1.54, 1.807) is 0 Å². The highest BCUT2D eigenvalue weighted by Gasteiger charge is 2.37. The van der Waals surface area contributed by atoms with E-state index >= 15 is 0 Å². The summed E-state index contributed by atoms with van der Waals surface area (Å²) in [6.45, 7) is 2.17. The zero-order valence-corrected chi connectivity index (χ0v) is 12.3. The Morgan fingerprint density at radius 2 is 1.60 bits per heavy atom. The van der Waals surface area contributed by atoms with Crippen LogP contribution in [0.25, 0.3) is 0 Å². The van der Waals surface area contributed by atoms with E-state index in [0.29, 0.717) is 6.54 Å². The molecule has 2 aliphatic rings. The topological polar surface area (TPSA) is 75.4 Å². The summed E-state index contributed by atoms with van der Waals surface area (Å²) in [5.41, 5.74) is 5.44. The highest BCUT2D eigenvalue weighted by Crippen LogP contribution is 2.34. The molecule has 3 N–H and O–H groups in total. The monoisotopic (exact) mass is 281 g/mol. The number of nitrogens with one attached hydrogen (secondary N) is 1. The molecule has 0 radical (unpaired) electrons. The van der Waals surface area contributed by atoms with Crippen LogP contribution in [0.4, 0.5) is 0 Å². The van der Waals surface area contributed by atoms with Gasteiger partial charge in [0.05, 0.1) is 12.0 Å². The average Bonchev–Trinajstić information content (AvgIpc) is 2.89. The third-order valence-electron chi connectivity index (χ3n) is 4.79. The molecule has 0 atom stereocenters. The number of nitrogens with zero attached hydrogens (tertiary/aromatic N) is 1. The van der Waals surface area contributed by atoms with Gasteiger partial charge in [-0.15, -0.1) is 0 Å².